The second-order valence-electron chi connectivity index (χ2n) is 6.32. The molecule has 3 nitrogen and oxygen atoms in total. The van der Waals surface area contributed by atoms with Crippen LogP contribution in [0.25, 0.3) is 0 Å². The molecule has 0 spiro atoms. The number of unbranched alkanes of at least 4 members (excludes halogenated alkanes) is 10. The largest absolute Gasteiger partial charge is 0.367 e. The maximum absolute atomic E-state index is 9.18. The Bertz CT molecular complexity index is 182. The summed E-state index contributed by atoms with van der Waals surface area (Å²) in [7, 11) is 0. The minimum atomic E-state index is -1.19. The Kier molecular flexibility index (Phi) is 16.2. The van der Waals surface area contributed by atoms with Gasteiger partial charge in [-0.2, -0.15) is 0 Å². The van der Waals surface area contributed by atoms with Crippen LogP contribution in [0.15, 0.2) is 0 Å². The monoisotopic (exact) mass is 301 g/mol. The molecule has 0 aromatic rings. The van der Waals surface area contributed by atoms with E-state index in [2.05, 4.69) is 18.7 Å². The van der Waals surface area contributed by atoms with E-state index in [9.17, 15) is 10.2 Å². The molecule has 0 aliphatic rings. The highest BCUT2D eigenvalue weighted by atomic mass is 16.5. The molecule has 0 saturated carbocycles. The van der Waals surface area contributed by atoms with Crippen molar-refractivity contribution in [2.45, 2.75) is 97.2 Å². The molecule has 0 aliphatic carbocycles. The van der Waals surface area contributed by atoms with Crippen molar-refractivity contribution in [1.29, 1.82) is 0 Å². The lowest BCUT2D eigenvalue weighted by Gasteiger charge is -2.23. The van der Waals surface area contributed by atoms with E-state index in [1.54, 1.807) is 0 Å². The molecule has 3 heteroatoms. The van der Waals surface area contributed by atoms with Crippen molar-refractivity contribution in [3.63, 3.8) is 0 Å². The van der Waals surface area contributed by atoms with Crippen LogP contribution >= 0.6 is 0 Å². The summed E-state index contributed by atoms with van der Waals surface area (Å²) in [5, 5.41) is 18.4. The predicted octanol–water partition coefficient (Wildman–Crippen LogP) is 4.32. The summed E-state index contributed by atoms with van der Waals surface area (Å²) in [6.45, 7) is 6.91. The van der Waals surface area contributed by atoms with Crippen molar-refractivity contribution in [1.82, 2.24) is 4.90 Å². The Balaban J connectivity index is 3.62. The van der Waals surface area contributed by atoms with Crippen LogP contribution in [-0.4, -0.2) is 41.0 Å². The molecule has 2 N–H and O–H groups in total. The normalized spacial score (nSPS) is 11.7. The van der Waals surface area contributed by atoms with E-state index in [4.69, 9.17) is 0 Å². The van der Waals surface area contributed by atoms with Gasteiger partial charge in [0, 0.05) is 6.54 Å². The van der Waals surface area contributed by atoms with Crippen LogP contribution in [0.5, 0.6) is 0 Å². The Morgan fingerprint density at radius 2 is 1.00 bits per heavy atom. The topological polar surface area (TPSA) is 43.7 Å². The van der Waals surface area contributed by atoms with Gasteiger partial charge in [-0.3, -0.25) is 4.90 Å². The summed E-state index contributed by atoms with van der Waals surface area (Å²) in [5.74, 6) is 0. The molecule has 0 bridgehead atoms. The van der Waals surface area contributed by atoms with E-state index in [1.807, 2.05) is 0 Å². The van der Waals surface area contributed by atoms with Gasteiger partial charge < -0.3 is 10.2 Å². The molecule has 0 aromatic heterocycles. The number of aliphatic hydroxyl groups is 2. The zero-order valence-corrected chi connectivity index (χ0v) is 14.5. The first-order valence-corrected chi connectivity index (χ1v) is 9.29. The average molecular weight is 302 g/mol. The van der Waals surface area contributed by atoms with Crippen molar-refractivity contribution < 1.29 is 10.2 Å². The Labute approximate surface area is 132 Å². The van der Waals surface area contributed by atoms with E-state index in [0.29, 0.717) is 6.54 Å². The highest BCUT2D eigenvalue weighted by Gasteiger charge is 2.08. The molecule has 0 saturated heterocycles. The minimum absolute atomic E-state index is 0.407. The number of rotatable bonds is 16. The quantitative estimate of drug-likeness (QED) is 0.329. The van der Waals surface area contributed by atoms with Gasteiger partial charge in [0.05, 0.1) is 0 Å². The van der Waals surface area contributed by atoms with Gasteiger partial charge >= 0.3 is 0 Å². The van der Waals surface area contributed by atoms with Crippen LogP contribution in [0, 0.1) is 0 Å². The molecule has 0 amide bonds. The highest BCUT2D eigenvalue weighted by molar-refractivity contribution is 4.60. The lowest BCUT2D eigenvalue weighted by atomic mass is 10.1. The zero-order chi connectivity index (χ0) is 15.8. The summed E-state index contributed by atoms with van der Waals surface area (Å²) in [4.78, 5) is 2.23. The SMILES string of the molecule is CCCCCCCCN(CCCCCCCC)CC(O)O. The van der Waals surface area contributed by atoms with Crippen LogP contribution < -0.4 is 0 Å². The van der Waals surface area contributed by atoms with Gasteiger partial charge in [-0.25, -0.2) is 0 Å². The molecule has 0 unspecified atom stereocenters. The summed E-state index contributed by atoms with van der Waals surface area (Å²) < 4.78 is 0. The second-order valence-corrected chi connectivity index (χ2v) is 6.32. The van der Waals surface area contributed by atoms with Gasteiger partial charge in [-0.1, -0.05) is 78.1 Å². The summed E-state index contributed by atoms with van der Waals surface area (Å²) in [6, 6.07) is 0. The fourth-order valence-corrected chi connectivity index (χ4v) is 2.76. The molecular formula is C18H39NO2. The van der Waals surface area contributed by atoms with Gasteiger partial charge in [0.25, 0.3) is 0 Å². The van der Waals surface area contributed by atoms with E-state index in [1.165, 1.54) is 77.0 Å². The fourth-order valence-electron chi connectivity index (χ4n) is 2.76. The maximum atomic E-state index is 9.18. The molecule has 0 heterocycles. The maximum Gasteiger partial charge on any atom is 0.164 e. The molecule has 128 valence electrons. The van der Waals surface area contributed by atoms with Crippen LogP contribution in [0.3, 0.4) is 0 Å². The first kappa shape index (κ1) is 20.9. The van der Waals surface area contributed by atoms with E-state index >= 15 is 0 Å². The molecule has 0 fully saturated rings. The average Bonchev–Trinajstić information content (AvgIpc) is 2.45. The smallest absolute Gasteiger partial charge is 0.164 e. The summed E-state index contributed by atoms with van der Waals surface area (Å²) in [5.41, 5.74) is 0. The highest BCUT2D eigenvalue weighted by Crippen LogP contribution is 2.09. The summed E-state index contributed by atoms with van der Waals surface area (Å²) >= 11 is 0. The second kappa shape index (κ2) is 16.3. The van der Waals surface area contributed by atoms with E-state index in [-0.39, 0.29) is 0 Å². The van der Waals surface area contributed by atoms with Crippen LogP contribution in [0.4, 0.5) is 0 Å². The van der Waals surface area contributed by atoms with E-state index in [0.717, 1.165) is 13.1 Å². The van der Waals surface area contributed by atoms with Crippen LogP contribution in [-0.2, 0) is 0 Å². The number of hydrogen-bond donors (Lipinski definition) is 2. The molecule has 0 rings (SSSR count). The number of hydrogen-bond acceptors (Lipinski definition) is 3. The van der Waals surface area contributed by atoms with Crippen molar-refractivity contribution in [2.75, 3.05) is 19.6 Å². The molecule has 0 radical (unpaired) electrons. The third-order valence-corrected chi connectivity index (χ3v) is 4.08. The Morgan fingerprint density at radius 1 is 0.619 bits per heavy atom. The van der Waals surface area contributed by atoms with Crippen LogP contribution in [0.1, 0.15) is 90.9 Å². The van der Waals surface area contributed by atoms with Crippen LogP contribution in [0.2, 0.25) is 0 Å². The van der Waals surface area contributed by atoms with Crippen molar-refractivity contribution in [3.05, 3.63) is 0 Å². The Hall–Kier alpha value is -0.120. The van der Waals surface area contributed by atoms with Gasteiger partial charge in [0.2, 0.25) is 0 Å². The molecule has 21 heavy (non-hydrogen) atoms. The first-order chi connectivity index (χ1) is 10.2. The van der Waals surface area contributed by atoms with Gasteiger partial charge in [0.1, 0.15) is 0 Å². The van der Waals surface area contributed by atoms with Gasteiger partial charge in [0.15, 0.2) is 6.29 Å². The van der Waals surface area contributed by atoms with Gasteiger partial charge in [-0.05, 0) is 25.9 Å². The lowest BCUT2D eigenvalue weighted by Crippen LogP contribution is -2.34. The first-order valence-electron chi connectivity index (χ1n) is 9.29. The Morgan fingerprint density at radius 3 is 1.38 bits per heavy atom. The molecule has 0 aliphatic heterocycles. The standard InChI is InChI=1S/C18H39NO2/c1-3-5-7-9-11-13-15-19(17-18(20)21)16-14-12-10-8-6-4-2/h18,20-21H,3-17H2,1-2H3. The van der Waals surface area contributed by atoms with Crippen molar-refractivity contribution in [2.24, 2.45) is 0 Å². The predicted molar refractivity (Wildman–Crippen MR) is 91.4 cm³/mol. The minimum Gasteiger partial charge on any atom is -0.367 e. The van der Waals surface area contributed by atoms with Crippen molar-refractivity contribution >= 4 is 0 Å². The summed E-state index contributed by atoms with van der Waals surface area (Å²) in [6.07, 6.45) is 14.3. The third-order valence-electron chi connectivity index (χ3n) is 4.08. The number of aliphatic hydroxyl groups excluding tert-OH is 1. The zero-order valence-electron chi connectivity index (χ0n) is 14.5. The van der Waals surface area contributed by atoms with E-state index < -0.39 is 6.29 Å². The van der Waals surface area contributed by atoms with Gasteiger partial charge in [-0.15, -0.1) is 0 Å². The lowest BCUT2D eigenvalue weighted by molar-refractivity contribution is -0.0616. The molecule has 0 atom stereocenters. The van der Waals surface area contributed by atoms with Crippen molar-refractivity contribution in [3.8, 4) is 0 Å². The number of nitrogens with zero attached hydrogens (tertiary/aromatic N) is 1. The third kappa shape index (κ3) is 16.1. The fraction of sp³-hybridized carbons (Fsp3) is 1.00. The molecular weight excluding hydrogens is 262 g/mol. The molecule has 0 aromatic carbocycles.